The van der Waals surface area contributed by atoms with E-state index in [4.69, 9.17) is 9.31 Å². The molecule has 1 aliphatic heterocycles. The van der Waals surface area contributed by atoms with Gasteiger partial charge in [0.05, 0.1) is 16.8 Å². The zero-order valence-corrected chi connectivity index (χ0v) is 12.2. The van der Waals surface area contributed by atoms with E-state index in [0.29, 0.717) is 6.42 Å². The summed E-state index contributed by atoms with van der Waals surface area (Å²) in [6.07, 6.45) is 0.341. The summed E-state index contributed by atoms with van der Waals surface area (Å²) in [4.78, 5) is 15.6. The lowest BCUT2D eigenvalue weighted by atomic mass is 9.84. The smallest absolute Gasteiger partial charge is 0.398 e. The van der Waals surface area contributed by atoms with Gasteiger partial charge in [-0.15, -0.1) is 0 Å². The van der Waals surface area contributed by atoms with Gasteiger partial charge in [-0.25, -0.2) is 0 Å². The average Bonchev–Trinajstić information content (AvgIpc) is 2.47. The number of hydrogen-bond acceptors (Lipinski definition) is 4. The van der Waals surface area contributed by atoms with Crippen LogP contribution in [-0.4, -0.2) is 29.1 Å². The highest BCUT2D eigenvalue weighted by atomic mass is 16.7. The molecule has 0 aliphatic carbocycles. The largest absolute Gasteiger partial charge is 0.514 e. The zero-order chi connectivity index (χ0) is 14.3. The minimum atomic E-state index is -0.475. The molecule has 1 aromatic rings. The molecule has 0 spiro atoms. The van der Waals surface area contributed by atoms with Crippen LogP contribution in [0.25, 0.3) is 0 Å². The lowest BCUT2D eigenvalue weighted by Crippen LogP contribution is -2.41. The summed E-state index contributed by atoms with van der Waals surface area (Å²) in [5, 5.41) is 0. The molecule has 4 nitrogen and oxygen atoms in total. The van der Waals surface area contributed by atoms with Crippen molar-refractivity contribution in [3.63, 3.8) is 0 Å². The van der Waals surface area contributed by atoms with Gasteiger partial charge in [-0.2, -0.15) is 0 Å². The monoisotopic (exact) mass is 261 g/mol. The summed E-state index contributed by atoms with van der Waals surface area (Å²) < 4.78 is 11.9. The van der Waals surface area contributed by atoms with Crippen molar-refractivity contribution in [2.45, 2.75) is 52.2 Å². The van der Waals surface area contributed by atoms with E-state index in [1.165, 1.54) is 0 Å². The lowest BCUT2D eigenvalue weighted by molar-refractivity contribution is -0.116. The van der Waals surface area contributed by atoms with Crippen LogP contribution in [0.2, 0.25) is 0 Å². The quantitative estimate of drug-likeness (QED) is 0.774. The highest BCUT2D eigenvalue weighted by Crippen LogP contribution is 2.36. The summed E-state index contributed by atoms with van der Waals surface area (Å²) in [5.74, 6) is 0.0959. The Morgan fingerprint density at radius 1 is 1.21 bits per heavy atom. The average molecular weight is 261 g/mol. The van der Waals surface area contributed by atoms with Crippen molar-refractivity contribution in [3.05, 3.63) is 23.9 Å². The van der Waals surface area contributed by atoms with Crippen LogP contribution >= 0.6 is 0 Å². The lowest BCUT2D eigenvalue weighted by Gasteiger charge is -2.32. The van der Waals surface area contributed by atoms with Gasteiger partial charge in [-0.3, -0.25) is 9.78 Å². The van der Waals surface area contributed by atoms with Crippen LogP contribution in [0.4, 0.5) is 0 Å². The molecule has 0 atom stereocenters. The predicted octanol–water partition coefficient (Wildman–Crippen LogP) is 1.51. The standard InChI is InChI=1S/C14H20BNO3/c1-10(17)9-11-7-6-8-12(16-11)15-18-13(2,3)14(4,5)19-15/h6-8H,9H2,1-5H3. The van der Waals surface area contributed by atoms with Gasteiger partial charge < -0.3 is 9.31 Å². The summed E-state index contributed by atoms with van der Waals surface area (Å²) in [6.45, 7) is 9.58. The Balaban J connectivity index is 2.22. The summed E-state index contributed by atoms with van der Waals surface area (Å²) >= 11 is 0. The molecule has 1 saturated heterocycles. The number of hydrogen-bond donors (Lipinski definition) is 0. The van der Waals surface area contributed by atoms with Crippen molar-refractivity contribution in [2.24, 2.45) is 0 Å². The summed E-state index contributed by atoms with van der Waals surface area (Å²) in [5.41, 5.74) is 0.711. The molecule has 102 valence electrons. The topological polar surface area (TPSA) is 48.4 Å². The molecule has 1 fully saturated rings. The van der Waals surface area contributed by atoms with E-state index in [2.05, 4.69) is 4.98 Å². The fraction of sp³-hybridized carbons (Fsp3) is 0.571. The van der Waals surface area contributed by atoms with E-state index < -0.39 is 7.12 Å². The van der Waals surface area contributed by atoms with Crippen molar-refractivity contribution >= 4 is 18.5 Å². The first kappa shape index (κ1) is 14.2. The first-order chi connectivity index (χ1) is 8.71. The maximum absolute atomic E-state index is 11.1. The van der Waals surface area contributed by atoms with E-state index >= 15 is 0 Å². The van der Waals surface area contributed by atoms with Gasteiger partial charge in [-0.05, 0) is 46.8 Å². The van der Waals surface area contributed by atoms with Crippen molar-refractivity contribution in [2.75, 3.05) is 0 Å². The molecular weight excluding hydrogens is 241 g/mol. The van der Waals surface area contributed by atoms with Gasteiger partial charge in [0.2, 0.25) is 0 Å². The third kappa shape index (κ3) is 2.87. The fourth-order valence-corrected chi connectivity index (χ4v) is 1.95. The van der Waals surface area contributed by atoms with Gasteiger partial charge in [0, 0.05) is 12.1 Å². The van der Waals surface area contributed by atoms with Gasteiger partial charge in [-0.1, -0.05) is 6.07 Å². The SMILES string of the molecule is CC(=O)Cc1cccc(B2OC(C)(C)C(C)(C)O2)n1. The molecule has 1 aliphatic rings. The molecule has 2 rings (SSSR count). The predicted molar refractivity (Wildman–Crippen MR) is 74.3 cm³/mol. The van der Waals surface area contributed by atoms with Crippen molar-refractivity contribution in [1.82, 2.24) is 4.98 Å². The Hall–Kier alpha value is -1.20. The Kier molecular flexibility index (Phi) is 3.54. The second kappa shape index (κ2) is 4.73. The second-order valence-corrected chi connectivity index (χ2v) is 6.02. The first-order valence-corrected chi connectivity index (χ1v) is 6.52. The van der Waals surface area contributed by atoms with Crippen LogP contribution in [0.15, 0.2) is 18.2 Å². The summed E-state index contributed by atoms with van der Waals surface area (Å²) in [6, 6.07) is 5.59. The highest BCUT2D eigenvalue weighted by molar-refractivity contribution is 6.61. The van der Waals surface area contributed by atoms with Crippen LogP contribution in [0.1, 0.15) is 40.3 Å². The van der Waals surface area contributed by atoms with Crippen LogP contribution < -0.4 is 5.59 Å². The maximum Gasteiger partial charge on any atom is 0.514 e. The van der Waals surface area contributed by atoms with E-state index in [1.54, 1.807) is 6.92 Å². The molecular formula is C14H20BNO3. The Labute approximate surface area is 114 Å². The zero-order valence-electron chi connectivity index (χ0n) is 12.2. The number of ketones is 1. The maximum atomic E-state index is 11.1. The van der Waals surface area contributed by atoms with E-state index in [0.717, 1.165) is 11.3 Å². The molecule has 0 radical (unpaired) electrons. The molecule has 0 N–H and O–H groups in total. The second-order valence-electron chi connectivity index (χ2n) is 6.02. The highest BCUT2D eigenvalue weighted by Gasteiger charge is 2.52. The van der Waals surface area contributed by atoms with Crippen molar-refractivity contribution in [1.29, 1.82) is 0 Å². The van der Waals surface area contributed by atoms with Gasteiger partial charge in [0.1, 0.15) is 5.78 Å². The van der Waals surface area contributed by atoms with Crippen molar-refractivity contribution in [3.8, 4) is 0 Å². The number of rotatable bonds is 3. The molecule has 5 heteroatoms. The van der Waals surface area contributed by atoms with Crippen LogP contribution in [0.5, 0.6) is 0 Å². The molecule has 0 saturated carbocycles. The van der Waals surface area contributed by atoms with Gasteiger partial charge in [0.25, 0.3) is 0 Å². The van der Waals surface area contributed by atoms with Crippen LogP contribution in [0, 0.1) is 0 Å². The Morgan fingerprint density at radius 3 is 2.32 bits per heavy atom. The minimum absolute atomic E-state index is 0.0959. The normalized spacial score (nSPS) is 20.6. The molecule has 19 heavy (non-hydrogen) atoms. The van der Waals surface area contributed by atoms with Gasteiger partial charge >= 0.3 is 7.12 Å². The number of carbonyl (C=O) groups excluding carboxylic acids is 1. The molecule has 0 unspecified atom stereocenters. The summed E-state index contributed by atoms with van der Waals surface area (Å²) in [7, 11) is -0.475. The third-order valence-corrected chi connectivity index (χ3v) is 3.75. The van der Waals surface area contributed by atoms with Crippen molar-refractivity contribution < 1.29 is 14.1 Å². The van der Waals surface area contributed by atoms with E-state index in [-0.39, 0.29) is 17.0 Å². The number of pyridine rings is 1. The molecule has 2 heterocycles. The first-order valence-electron chi connectivity index (χ1n) is 6.52. The molecule has 1 aromatic heterocycles. The number of nitrogens with zero attached hydrogens (tertiary/aromatic N) is 1. The van der Waals surface area contributed by atoms with E-state index in [9.17, 15) is 4.79 Å². The van der Waals surface area contributed by atoms with Crippen LogP contribution in [-0.2, 0) is 20.5 Å². The Morgan fingerprint density at radius 2 is 1.79 bits per heavy atom. The minimum Gasteiger partial charge on any atom is -0.398 e. The number of carbonyl (C=O) groups is 1. The number of aromatic nitrogens is 1. The Bertz CT molecular complexity index is 483. The molecule has 0 bridgehead atoms. The third-order valence-electron chi connectivity index (χ3n) is 3.75. The molecule has 0 aromatic carbocycles. The molecule has 0 amide bonds. The fourth-order valence-electron chi connectivity index (χ4n) is 1.95. The van der Waals surface area contributed by atoms with Crippen LogP contribution in [0.3, 0.4) is 0 Å². The van der Waals surface area contributed by atoms with E-state index in [1.807, 2.05) is 45.9 Å². The van der Waals surface area contributed by atoms with Gasteiger partial charge in [0.15, 0.2) is 0 Å². The number of Topliss-reactive ketones (excluding diaryl/α,β-unsaturated/α-hetero) is 1.